The molecule has 1 aliphatic heterocycles. The van der Waals surface area contributed by atoms with Crippen molar-refractivity contribution in [3.8, 4) is 0 Å². The van der Waals surface area contributed by atoms with Crippen molar-refractivity contribution in [1.29, 1.82) is 0 Å². The van der Waals surface area contributed by atoms with Gasteiger partial charge >= 0.3 is 0 Å². The third-order valence-electron chi connectivity index (χ3n) is 3.98. The van der Waals surface area contributed by atoms with Crippen LogP contribution in [-0.2, 0) is 21.2 Å². The van der Waals surface area contributed by atoms with Crippen molar-refractivity contribution in [2.45, 2.75) is 45.2 Å². The summed E-state index contributed by atoms with van der Waals surface area (Å²) in [6, 6.07) is 5.72. The number of carbonyl (C=O) groups excluding carboxylic acids is 1. The van der Waals surface area contributed by atoms with Crippen LogP contribution in [0, 0.1) is 5.82 Å². The molecule has 1 aliphatic rings. The Kier molecular flexibility index (Phi) is 5.56. The number of nitrogens with zero attached hydrogens (tertiary/aromatic N) is 1. The van der Waals surface area contributed by atoms with E-state index in [4.69, 9.17) is 0 Å². The molecule has 0 unspecified atom stereocenters. The van der Waals surface area contributed by atoms with E-state index in [-0.39, 0.29) is 29.3 Å². The zero-order valence-corrected chi connectivity index (χ0v) is 13.6. The van der Waals surface area contributed by atoms with Gasteiger partial charge < -0.3 is 4.90 Å². The molecule has 2 rings (SSSR count). The number of benzene rings is 1. The number of unbranched alkanes of at least 4 members (excludes halogenated alkanes) is 1. The first-order chi connectivity index (χ1) is 10.4. The molecule has 1 aromatic rings. The molecule has 0 aliphatic carbocycles. The van der Waals surface area contributed by atoms with Gasteiger partial charge in [-0.3, -0.25) is 4.79 Å². The third-order valence-corrected chi connectivity index (χ3v) is 5.73. The summed E-state index contributed by atoms with van der Waals surface area (Å²) in [4.78, 5) is 14.1. The molecule has 22 heavy (non-hydrogen) atoms. The fourth-order valence-corrected chi connectivity index (χ4v) is 4.43. The Morgan fingerprint density at radius 2 is 2.00 bits per heavy atom. The zero-order chi connectivity index (χ0) is 16.2. The van der Waals surface area contributed by atoms with Crippen LogP contribution < -0.4 is 0 Å². The van der Waals surface area contributed by atoms with Crippen LogP contribution in [0.15, 0.2) is 24.3 Å². The van der Waals surface area contributed by atoms with Gasteiger partial charge in [-0.25, -0.2) is 12.8 Å². The first kappa shape index (κ1) is 16.9. The van der Waals surface area contributed by atoms with Crippen LogP contribution in [0.1, 0.15) is 38.2 Å². The lowest BCUT2D eigenvalue weighted by molar-refractivity contribution is -0.133. The molecule has 6 heteroatoms. The van der Waals surface area contributed by atoms with Crippen molar-refractivity contribution in [3.05, 3.63) is 35.6 Å². The van der Waals surface area contributed by atoms with Gasteiger partial charge in [0.15, 0.2) is 9.84 Å². The second-order valence-electron chi connectivity index (χ2n) is 5.81. The van der Waals surface area contributed by atoms with E-state index in [1.807, 2.05) is 6.92 Å². The highest BCUT2D eigenvalue weighted by Gasteiger charge is 2.34. The number of sulfone groups is 1. The molecule has 0 N–H and O–H groups in total. The second-order valence-corrected chi connectivity index (χ2v) is 8.04. The molecule has 0 radical (unpaired) electrons. The average molecular weight is 327 g/mol. The van der Waals surface area contributed by atoms with Crippen LogP contribution in [0.25, 0.3) is 0 Å². The van der Waals surface area contributed by atoms with Gasteiger partial charge in [0, 0.05) is 19.0 Å². The van der Waals surface area contributed by atoms with E-state index in [9.17, 15) is 17.6 Å². The molecule has 122 valence electrons. The van der Waals surface area contributed by atoms with Crippen LogP contribution in [0.4, 0.5) is 4.39 Å². The van der Waals surface area contributed by atoms with E-state index in [0.717, 1.165) is 18.4 Å². The predicted molar refractivity (Wildman–Crippen MR) is 83.5 cm³/mol. The summed E-state index contributed by atoms with van der Waals surface area (Å²) in [5.74, 6) is -0.172. The van der Waals surface area contributed by atoms with Crippen LogP contribution in [0.3, 0.4) is 0 Å². The molecule has 0 saturated carbocycles. The van der Waals surface area contributed by atoms with Gasteiger partial charge in [0.2, 0.25) is 5.91 Å². The van der Waals surface area contributed by atoms with Gasteiger partial charge in [0.25, 0.3) is 0 Å². The smallest absolute Gasteiger partial charge is 0.223 e. The summed E-state index contributed by atoms with van der Waals surface area (Å²) in [5, 5.41) is 0. The van der Waals surface area contributed by atoms with Crippen molar-refractivity contribution in [2.24, 2.45) is 0 Å². The van der Waals surface area contributed by atoms with E-state index >= 15 is 0 Å². The third kappa shape index (κ3) is 4.53. The molecule has 0 spiro atoms. The molecular weight excluding hydrogens is 305 g/mol. The maximum atomic E-state index is 13.0. The molecule has 4 nitrogen and oxygen atoms in total. The highest BCUT2D eigenvalue weighted by molar-refractivity contribution is 7.91. The summed E-state index contributed by atoms with van der Waals surface area (Å²) >= 11 is 0. The maximum absolute atomic E-state index is 13.0. The highest BCUT2D eigenvalue weighted by Crippen LogP contribution is 2.21. The zero-order valence-electron chi connectivity index (χ0n) is 12.8. The average Bonchev–Trinajstić information content (AvgIpc) is 2.84. The highest BCUT2D eigenvalue weighted by atomic mass is 32.2. The first-order valence-electron chi connectivity index (χ1n) is 7.65. The number of amides is 1. The number of hydrogen-bond acceptors (Lipinski definition) is 3. The largest absolute Gasteiger partial charge is 0.334 e. The lowest BCUT2D eigenvalue weighted by Crippen LogP contribution is -2.40. The minimum absolute atomic E-state index is 0.0201. The molecule has 0 aromatic heterocycles. The number of halogens is 1. The topological polar surface area (TPSA) is 54.5 Å². The summed E-state index contributed by atoms with van der Waals surface area (Å²) in [7, 11) is -3.05. The molecule has 1 amide bonds. The van der Waals surface area contributed by atoms with E-state index in [0.29, 0.717) is 19.4 Å². The molecule has 1 heterocycles. The minimum atomic E-state index is -3.05. The number of carbonyl (C=O) groups is 1. The normalized spacial score (nSPS) is 20.0. The lowest BCUT2D eigenvalue weighted by atomic mass is 10.1. The number of rotatable bonds is 6. The first-order valence-corrected chi connectivity index (χ1v) is 9.48. The maximum Gasteiger partial charge on any atom is 0.223 e. The van der Waals surface area contributed by atoms with Crippen LogP contribution >= 0.6 is 0 Å². The molecular formula is C16H22FNO3S. The molecule has 0 bridgehead atoms. The number of hydrogen-bond donors (Lipinski definition) is 0. The quantitative estimate of drug-likeness (QED) is 0.807. The Balaban J connectivity index is 2.14. The summed E-state index contributed by atoms with van der Waals surface area (Å²) < 4.78 is 36.4. The summed E-state index contributed by atoms with van der Waals surface area (Å²) in [5.41, 5.74) is 0.815. The van der Waals surface area contributed by atoms with Crippen molar-refractivity contribution in [3.63, 3.8) is 0 Å². The molecule has 1 fully saturated rings. The van der Waals surface area contributed by atoms with Crippen molar-refractivity contribution in [1.82, 2.24) is 4.90 Å². The van der Waals surface area contributed by atoms with E-state index in [1.165, 1.54) is 12.1 Å². The summed E-state index contributed by atoms with van der Waals surface area (Å²) in [6.07, 6.45) is 2.62. The Bertz CT molecular complexity index is 613. The van der Waals surface area contributed by atoms with E-state index < -0.39 is 9.84 Å². The minimum Gasteiger partial charge on any atom is -0.334 e. The second kappa shape index (κ2) is 7.22. The molecule has 1 aromatic carbocycles. The standard InChI is InChI=1S/C16H22FNO3S/c1-2-3-4-16(19)18(15-9-10-22(20,21)12-15)11-13-5-7-14(17)8-6-13/h5-8,15H,2-4,9-12H2,1H3/t15-/m0/s1. The Labute approximate surface area is 131 Å². The monoisotopic (exact) mass is 327 g/mol. The Morgan fingerprint density at radius 1 is 1.32 bits per heavy atom. The van der Waals surface area contributed by atoms with Gasteiger partial charge in [0.05, 0.1) is 11.5 Å². The fourth-order valence-electron chi connectivity index (χ4n) is 2.70. The SMILES string of the molecule is CCCCC(=O)N(Cc1ccc(F)cc1)[C@H]1CCS(=O)(=O)C1. The van der Waals surface area contributed by atoms with Crippen molar-refractivity contribution >= 4 is 15.7 Å². The lowest BCUT2D eigenvalue weighted by Gasteiger charge is -2.28. The van der Waals surface area contributed by atoms with Crippen molar-refractivity contribution < 1.29 is 17.6 Å². The van der Waals surface area contributed by atoms with Gasteiger partial charge in [0.1, 0.15) is 5.82 Å². The molecule has 1 atom stereocenters. The Hall–Kier alpha value is -1.43. The summed E-state index contributed by atoms with van der Waals surface area (Å²) in [6.45, 7) is 2.35. The van der Waals surface area contributed by atoms with Crippen LogP contribution in [0.2, 0.25) is 0 Å². The van der Waals surface area contributed by atoms with Crippen molar-refractivity contribution in [2.75, 3.05) is 11.5 Å². The fraction of sp³-hybridized carbons (Fsp3) is 0.562. The van der Waals surface area contributed by atoms with E-state index in [2.05, 4.69) is 0 Å². The Morgan fingerprint density at radius 3 is 2.55 bits per heavy atom. The predicted octanol–water partition coefficient (Wildman–Crippen LogP) is 2.53. The van der Waals surface area contributed by atoms with Gasteiger partial charge in [-0.15, -0.1) is 0 Å². The molecule has 1 saturated heterocycles. The van der Waals surface area contributed by atoms with Gasteiger partial charge in [-0.05, 0) is 30.5 Å². The van der Waals surface area contributed by atoms with Crippen LogP contribution in [0.5, 0.6) is 0 Å². The van der Waals surface area contributed by atoms with Crippen LogP contribution in [-0.4, -0.2) is 36.8 Å². The van der Waals surface area contributed by atoms with Gasteiger partial charge in [-0.1, -0.05) is 25.5 Å². The van der Waals surface area contributed by atoms with Gasteiger partial charge in [-0.2, -0.15) is 0 Å². The van der Waals surface area contributed by atoms with E-state index in [1.54, 1.807) is 17.0 Å².